The summed E-state index contributed by atoms with van der Waals surface area (Å²) in [5.41, 5.74) is 7.39. The Balaban J connectivity index is 1.84. The second kappa shape index (κ2) is 6.22. The van der Waals surface area contributed by atoms with E-state index >= 15 is 0 Å². The third-order valence-corrected chi connectivity index (χ3v) is 4.12. The molecule has 2 N–H and O–H groups in total. The molecular weight excluding hydrogens is 270 g/mol. The number of fused-ring (bicyclic) bond motifs is 1. The molecule has 0 amide bonds. The largest absolute Gasteiger partial charge is 0.377 e. The van der Waals surface area contributed by atoms with Gasteiger partial charge in [-0.05, 0) is 48.6 Å². The van der Waals surface area contributed by atoms with Crippen LogP contribution in [0.2, 0.25) is 0 Å². The zero-order valence-corrected chi connectivity index (χ0v) is 13.5. The molecule has 0 aliphatic rings. The molecule has 0 saturated heterocycles. The van der Waals surface area contributed by atoms with Crippen molar-refractivity contribution in [3.8, 4) is 0 Å². The lowest BCUT2D eigenvalue weighted by Gasteiger charge is -2.14. The minimum atomic E-state index is 0.720. The van der Waals surface area contributed by atoms with Crippen molar-refractivity contribution in [3.05, 3.63) is 58.9 Å². The third kappa shape index (κ3) is 2.84. The van der Waals surface area contributed by atoms with Gasteiger partial charge in [-0.25, -0.2) is 4.98 Å². The molecule has 3 aromatic rings. The lowest BCUT2D eigenvalue weighted by atomic mass is 10.0. The third-order valence-electron chi connectivity index (χ3n) is 4.12. The maximum atomic E-state index is 4.66. The molecule has 0 atom stereocenters. The average molecular weight is 293 g/mol. The number of nitrogens with one attached hydrogen (secondary N) is 2. The lowest BCUT2D eigenvalue weighted by molar-refractivity contribution is 0.987. The number of aromatic nitrogens is 2. The summed E-state index contributed by atoms with van der Waals surface area (Å²) < 4.78 is 0. The van der Waals surface area contributed by atoms with Crippen molar-refractivity contribution in [1.82, 2.24) is 9.97 Å². The number of aryl methyl sites for hydroxylation is 3. The fourth-order valence-corrected chi connectivity index (χ4v) is 2.90. The monoisotopic (exact) mass is 293 g/mol. The Hall–Kier alpha value is -2.29. The summed E-state index contributed by atoms with van der Waals surface area (Å²) in [5, 5.41) is 3.58. The average Bonchev–Trinajstić information content (AvgIpc) is 2.94. The van der Waals surface area contributed by atoms with Gasteiger partial charge < -0.3 is 10.3 Å². The number of hydrogen-bond acceptors (Lipinski definition) is 2. The number of benzene rings is 2. The zero-order chi connectivity index (χ0) is 15.5. The summed E-state index contributed by atoms with van der Waals surface area (Å²) in [5.74, 6) is 0.980. The molecule has 0 aliphatic heterocycles. The molecule has 0 spiro atoms. The van der Waals surface area contributed by atoms with Crippen LogP contribution < -0.4 is 5.32 Å². The molecule has 3 nitrogen and oxygen atoms in total. The van der Waals surface area contributed by atoms with E-state index in [1.54, 1.807) is 0 Å². The minimum Gasteiger partial charge on any atom is -0.377 e. The van der Waals surface area contributed by atoms with Gasteiger partial charge in [0.1, 0.15) is 5.82 Å². The van der Waals surface area contributed by atoms with Gasteiger partial charge in [-0.1, -0.05) is 38.1 Å². The van der Waals surface area contributed by atoms with E-state index in [1.807, 2.05) is 0 Å². The second-order valence-electron chi connectivity index (χ2n) is 5.72. The number of aromatic amines is 1. The topological polar surface area (TPSA) is 40.7 Å². The molecule has 3 heteroatoms. The normalized spacial score (nSPS) is 11.0. The molecule has 22 heavy (non-hydrogen) atoms. The van der Waals surface area contributed by atoms with Gasteiger partial charge in [0.05, 0.1) is 17.6 Å². The maximum absolute atomic E-state index is 4.66. The molecule has 1 aromatic heterocycles. The Morgan fingerprint density at radius 3 is 2.45 bits per heavy atom. The van der Waals surface area contributed by atoms with Gasteiger partial charge in [0.25, 0.3) is 0 Å². The van der Waals surface area contributed by atoms with Crippen LogP contribution in [0.3, 0.4) is 0 Å². The summed E-state index contributed by atoms with van der Waals surface area (Å²) >= 11 is 0. The summed E-state index contributed by atoms with van der Waals surface area (Å²) in [4.78, 5) is 8.07. The predicted octanol–water partition coefficient (Wildman–Crippen LogP) is 4.61. The predicted molar refractivity (Wildman–Crippen MR) is 93.4 cm³/mol. The standard InChI is InChI=1S/C19H23N3/c1-4-14-7-6-8-15(5-2)19(14)20-12-18-21-16-10-9-13(3)11-17(16)22-18/h6-11,20H,4-5,12H2,1-3H3,(H,21,22). The quantitative estimate of drug-likeness (QED) is 0.721. The van der Waals surface area contributed by atoms with E-state index in [2.05, 4.69) is 72.5 Å². The Bertz CT molecular complexity index is 764. The first-order valence-electron chi connectivity index (χ1n) is 8.01. The van der Waals surface area contributed by atoms with E-state index in [1.165, 1.54) is 22.4 Å². The van der Waals surface area contributed by atoms with Crippen LogP contribution in [0.25, 0.3) is 11.0 Å². The summed E-state index contributed by atoms with van der Waals surface area (Å²) in [6, 6.07) is 12.9. The number of H-pyrrole nitrogens is 1. The molecule has 0 fully saturated rings. The van der Waals surface area contributed by atoms with Crippen molar-refractivity contribution in [2.45, 2.75) is 40.2 Å². The summed E-state index contributed by atoms with van der Waals surface area (Å²) in [6.45, 7) is 7.22. The molecule has 0 aliphatic carbocycles. The van der Waals surface area contributed by atoms with Crippen molar-refractivity contribution in [2.24, 2.45) is 0 Å². The van der Waals surface area contributed by atoms with Crippen LogP contribution in [0, 0.1) is 6.92 Å². The van der Waals surface area contributed by atoms with E-state index in [-0.39, 0.29) is 0 Å². The number of anilines is 1. The Morgan fingerprint density at radius 1 is 1.05 bits per heavy atom. The van der Waals surface area contributed by atoms with Crippen LogP contribution in [-0.2, 0) is 19.4 Å². The van der Waals surface area contributed by atoms with Gasteiger partial charge in [-0.15, -0.1) is 0 Å². The first kappa shape index (κ1) is 14.6. The fourth-order valence-electron chi connectivity index (χ4n) is 2.90. The van der Waals surface area contributed by atoms with Crippen LogP contribution in [-0.4, -0.2) is 9.97 Å². The molecule has 0 radical (unpaired) electrons. The van der Waals surface area contributed by atoms with E-state index < -0.39 is 0 Å². The van der Waals surface area contributed by atoms with Crippen molar-refractivity contribution in [3.63, 3.8) is 0 Å². The molecule has 0 saturated carbocycles. The number of rotatable bonds is 5. The van der Waals surface area contributed by atoms with Gasteiger partial charge in [0, 0.05) is 5.69 Å². The second-order valence-corrected chi connectivity index (χ2v) is 5.72. The lowest BCUT2D eigenvalue weighted by Crippen LogP contribution is -2.06. The van der Waals surface area contributed by atoms with Crippen molar-refractivity contribution in [1.29, 1.82) is 0 Å². The number of nitrogens with zero attached hydrogens (tertiary/aromatic N) is 1. The number of hydrogen-bond donors (Lipinski definition) is 2. The zero-order valence-electron chi connectivity index (χ0n) is 13.5. The molecule has 1 heterocycles. The molecular formula is C19H23N3. The van der Waals surface area contributed by atoms with Crippen LogP contribution in [0.15, 0.2) is 36.4 Å². The van der Waals surface area contributed by atoms with Gasteiger partial charge in [0.2, 0.25) is 0 Å². The Labute approximate surface area is 131 Å². The Kier molecular flexibility index (Phi) is 4.14. The maximum Gasteiger partial charge on any atom is 0.126 e. The molecule has 0 unspecified atom stereocenters. The van der Waals surface area contributed by atoms with Gasteiger partial charge in [-0.3, -0.25) is 0 Å². The van der Waals surface area contributed by atoms with Crippen LogP contribution in [0.5, 0.6) is 0 Å². The van der Waals surface area contributed by atoms with Crippen LogP contribution >= 0.6 is 0 Å². The minimum absolute atomic E-state index is 0.720. The molecule has 0 bridgehead atoms. The van der Waals surface area contributed by atoms with Crippen LogP contribution in [0.4, 0.5) is 5.69 Å². The van der Waals surface area contributed by atoms with E-state index in [4.69, 9.17) is 0 Å². The fraction of sp³-hybridized carbons (Fsp3) is 0.316. The first-order chi connectivity index (χ1) is 10.7. The van der Waals surface area contributed by atoms with Crippen molar-refractivity contribution in [2.75, 3.05) is 5.32 Å². The van der Waals surface area contributed by atoms with E-state index in [9.17, 15) is 0 Å². The molecule has 2 aromatic carbocycles. The number of para-hydroxylation sites is 1. The summed E-state index contributed by atoms with van der Waals surface area (Å²) in [7, 11) is 0. The van der Waals surface area contributed by atoms with E-state index in [0.717, 1.165) is 36.2 Å². The van der Waals surface area contributed by atoms with Gasteiger partial charge in [0.15, 0.2) is 0 Å². The highest BCUT2D eigenvalue weighted by molar-refractivity contribution is 5.75. The van der Waals surface area contributed by atoms with Crippen molar-refractivity contribution >= 4 is 16.7 Å². The van der Waals surface area contributed by atoms with E-state index in [0.29, 0.717) is 0 Å². The summed E-state index contributed by atoms with van der Waals surface area (Å²) in [6.07, 6.45) is 2.07. The highest BCUT2D eigenvalue weighted by Crippen LogP contribution is 2.23. The van der Waals surface area contributed by atoms with Gasteiger partial charge >= 0.3 is 0 Å². The highest BCUT2D eigenvalue weighted by Gasteiger charge is 2.07. The smallest absolute Gasteiger partial charge is 0.126 e. The SMILES string of the molecule is CCc1cccc(CC)c1NCc1nc2ccc(C)cc2[nH]1. The van der Waals surface area contributed by atoms with Crippen molar-refractivity contribution < 1.29 is 0 Å². The molecule has 114 valence electrons. The van der Waals surface area contributed by atoms with Crippen LogP contribution in [0.1, 0.15) is 36.4 Å². The molecule has 3 rings (SSSR count). The highest BCUT2D eigenvalue weighted by atomic mass is 15.0. The first-order valence-corrected chi connectivity index (χ1v) is 8.01. The Morgan fingerprint density at radius 2 is 1.77 bits per heavy atom. The van der Waals surface area contributed by atoms with Gasteiger partial charge in [-0.2, -0.15) is 0 Å². The number of imidazole rings is 1.